The fourth-order valence-corrected chi connectivity index (χ4v) is 3.46. The van der Waals surface area contributed by atoms with Gasteiger partial charge in [0.05, 0.1) is 0 Å². The minimum atomic E-state index is -0.485. The fourth-order valence-electron chi connectivity index (χ4n) is 3.46. The maximum Gasteiger partial charge on any atom is 0.201 e. The maximum atomic E-state index is 12.8. The largest absolute Gasteiger partial charge is 0.506 e. The van der Waals surface area contributed by atoms with Crippen molar-refractivity contribution in [1.82, 2.24) is 0 Å². The fraction of sp³-hybridized carbons (Fsp3) is 0.0909. The van der Waals surface area contributed by atoms with Crippen LogP contribution in [0.2, 0.25) is 0 Å². The number of hydrogen-bond acceptors (Lipinski definition) is 4. The van der Waals surface area contributed by atoms with E-state index in [0.29, 0.717) is 23.4 Å². The molecule has 0 saturated heterocycles. The Hall–Kier alpha value is -3.40. The van der Waals surface area contributed by atoms with E-state index in [9.17, 15) is 14.7 Å². The van der Waals surface area contributed by atoms with Crippen LogP contribution in [0.1, 0.15) is 28.4 Å². The highest BCUT2D eigenvalue weighted by atomic mass is 16.3. The monoisotopic (exact) mass is 343 g/mol. The molecule has 2 aromatic carbocycles. The summed E-state index contributed by atoms with van der Waals surface area (Å²) in [5, 5.41) is 10.4. The normalized spacial score (nSPS) is 16.9. The van der Waals surface area contributed by atoms with Gasteiger partial charge in [0, 0.05) is 35.1 Å². The molecule has 0 amide bonds. The molecule has 1 aliphatic heterocycles. The molecule has 1 aliphatic carbocycles. The smallest absolute Gasteiger partial charge is 0.201 e. The van der Waals surface area contributed by atoms with Gasteiger partial charge in [0.25, 0.3) is 0 Å². The van der Waals surface area contributed by atoms with Crippen LogP contribution in [0, 0.1) is 0 Å². The molecule has 0 fully saturated rings. The van der Waals surface area contributed by atoms with E-state index in [0.717, 1.165) is 11.3 Å². The number of anilines is 1. The molecule has 2 aromatic rings. The van der Waals surface area contributed by atoms with E-state index in [4.69, 9.17) is 0 Å². The molecule has 2 aliphatic rings. The summed E-state index contributed by atoms with van der Waals surface area (Å²) in [6.07, 6.45) is 5.22. The van der Waals surface area contributed by atoms with Crippen molar-refractivity contribution >= 4 is 29.1 Å². The number of benzene rings is 2. The van der Waals surface area contributed by atoms with Crippen LogP contribution in [0.3, 0.4) is 0 Å². The number of allylic oxidation sites excluding steroid dienone is 3. The zero-order chi connectivity index (χ0) is 18.3. The van der Waals surface area contributed by atoms with Crippen LogP contribution in [0.15, 0.2) is 72.0 Å². The average molecular weight is 343 g/mol. The van der Waals surface area contributed by atoms with Crippen molar-refractivity contribution in [3.05, 3.63) is 88.6 Å². The molecule has 1 heterocycles. The summed E-state index contributed by atoms with van der Waals surface area (Å²) in [6, 6.07) is 14.6. The molecule has 0 saturated carbocycles. The van der Waals surface area contributed by atoms with E-state index in [2.05, 4.69) is 0 Å². The second-order valence-corrected chi connectivity index (χ2v) is 6.17. The molecule has 4 rings (SSSR count). The van der Waals surface area contributed by atoms with Crippen molar-refractivity contribution in [3.63, 3.8) is 0 Å². The number of nitrogens with zero attached hydrogens (tertiary/aromatic N) is 1. The predicted molar refractivity (Wildman–Crippen MR) is 102 cm³/mol. The van der Waals surface area contributed by atoms with Gasteiger partial charge in [0.15, 0.2) is 5.78 Å². The van der Waals surface area contributed by atoms with Gasteiger partial charge in [-0.1, -0.05) is 48.5 Å². The van der Waals surface area contributed by atoms with Gasteiger partial charge in [-0.15, -0.1) is 0 Å². The third kappa shape index (κ3) is 2.39. The van der Waals surface area contributed by atoms with Crippen molar-refractivity contribution in [1.29, 1.82) is 0 Å². The first kappa shape index (κ1) is 16.1. The zero-order valence-electron chi connectivity index (χ0n) is 14.3. The van der Waals surface area contributed by atoms with Crippen LogP contribution in [0.4, 0.5) is 5.69 Å². The van der Waals surface area contributed by atoms with Crippen LogP contribution < -0.4 is 4.90 Å². The van der Waals surface area contributed by atoms with Crippen molar-refractivity contribution in [2.75, 3.05) is 11.4 Å². The van der Waals surface area contributed by atoms with Gasteiger partial charge < -0.3 is 10.0 Å². The van der Waals surface area contributed by atoms with Gasteiger partial charge in [-0.3, -0.25) is 9.59 Å². The summed E-state index contributed by atoms with van der Waals surface area (Å²) in [7, 11) is 0. The summed E-state index contributed by atoms with van der Waals surface area (Å²) < 4.78 is 0. The van der Waals surface area contributed by atoms with Gasteiger partial charge >= 0.3 is 0 Å². The van der Waals surface area contributed by atoms with Gasteiger partial charge in [0.2, 0.25) is 5.78 Å². The average Bonchev–Trinajstić information content (AvgIpc) is 2.92. The summed E-state index contributed by atoms with van der Waals surface area (Å²) in [4.78, 5) is 27.4. The number of rotatable bonds is 3. The molecule has 0 atom stereocenters. The van der Waals surface area contributed by atoms with E-state index < -0.39 is 11.6 Å². The SMILES string of the molecule is CCN1C(=CC(=O)C2=C(O)c3ccccc3C2=O)C=Cc2ccccc21. The lowest BCUT2D eigenvalue weighted by Gasteiger charge is -2.29. The molecule has 128 valence electrons. The number of ketones is 2. The molecule has 0 unspecified atom stereocenters. The highest BCUT2D eigenvalue weighted by molar-refractivity contribution is 6.36. The van der Waals surface area contributed by atoms with E-state index in [1.54, 1.807) is 24.3 Å². The Balaban J connectivity index is 1.73. The van der Waals surface area contributed by atoms with Crippen LogP contribution in [0.25, 0.3) is 11.8 Å². The molecule has 0 aromatic heterocycles. The standard InChI is InChI=1S/C22H17NO3/c1-2-23-15(12-11-14-7-3-6-10-18(14)23)13-19(24)20-21(25)16-8-4-5-9-17(16)22(20)26/h3-13,25H,2H2,1H3. The van der Waals surface area contributed by atoms with Crippen molar-refractivity contribution in [3.8, 4) is 0 Å². The van der Waals surface area contributed by atoms with Gasteiger partial charge in [-0.05, 0) is 24.6 Å². The number of likely N-dealkylation sites (N-methyl/N-ethyl adjacent to an activating group) is 1. The first-order valence-electron chi connectivity index (χ1n) is 8.50. The minimum Gasteiger partial charge on any atom is -0.506 e. The first-order valence-corrected chi connectivity index (χ1v) is 8.50. The van der Waals surface area contributed by atoms with E-state index in [-0.39, 0.29) is 11.3 Å². The summed E-state index contributed by atoms with van der Waals surface area (Å²) in [6.45, 7) is 2.68. The van der Waals surface area contributed by atoms with E-state index in [1.807, 2.05) is 48.2 Å². The molecular formula is C22H17NO3. The van der Waals surface area contributed by atoms with Crippen LogP contribution in [-0.4, -0.2) is 23.2 Å². The Morgan fingerprint density at radius 2 is 1.73 bits per heavy atom. The molecule has 26 heavy (non-hydrogen) atoms. The first-order chi connectivity index (χ1) is 12.6. The number of hydrogen-bond donors (Lipinski definition) is 1. The number of carbonyl (C=O) groups excluding carboxylic acids is 2. The predicted octanol–water partition coefficient (Wildman–Crippen LogP) is 4.16. The lowest BCUT2D eigenvalue weighted by atomic mass is 10.0. The van der Waals surface area contributed by atoms with Crippen LogP contribution >= 0.6 is 0 Å². The van der Waals surface area contributed by atoms with Crippen LogP contribution in [-0.2, 0) is 4.79 Å². The molecule has 1 N–H and O–H groups in total. The zero-order valence-corrected chi connectivity index (χ0v) is 14.3. The second kappa shape index (κ2) is 6.15. The van der Waals surface area contributed by atoms with Crippen LogP contribution in [0.5, 0.6) is 0 Å². The number of Topliss-reactive ketones (excluding diaryl/α,β-unsaturated/α-hetero) is 1. The Labute approximate surface area is 151 Å². The number of aliphatic hydroxyl groups excluding tert-OH is 1. The van der Waals surface area contributed by atoms with Crippen molar-refractivity contribution in [2.45, 2.75) is 6.92 Å². The topological polar surface area (TPSA) is 57.6 Å². The number of fused-ring (bicyclic) bond motifs is 2. The van der Waals surface area contributed by atoms with Gasteiger partial charge in [-0.2, -0.15) is 0 Å². The third-order valence-electron chi connectivity index (χ3n) is 4.71. The van der Waals surface area contributed by atoms with Gasteiger partial charge in [0.1, 0.15) is 11.3 Å². The Morgan fingerprint density at radius 3 is 2.46 bits per heavy atom. The quantitative estimate of drug-likeness (QED) is 0.672. The van der Waals surface area contributed by atoms with Gasteiger partial charge in [-0.25, -0.2) is 0 Å². The Bertz CT molecular complexity index is 1030. The highest BCUT2D eigenvalue weighted by Crippen LogP contribution is 2.33. The Morgan fingerprint density at radius 1 is 1.04 bits per heavy atom. The molecule has 0 bridgehead atoms. The van der Waals surface area contributed by atoms with E-state index in [1.165, 1.54) is 6.08 Å². The maximum absolute atomic E-state index is 12.8. The second-order valence-electron chi connectivity index (χ2n) is 6.17. The summed E-state index contributed by atoms with van der Waals surface area (Å²) >= 11 is 0. The number of para-hydroxylation sites is 1. The van der Waals surface area contributed by atoms with Crippen molar-refractivity contribution < 1.29 is 14.7 Å². The number of aliphatic hydroxyl groups is 1. The summed E-state index contributed by atoms with van der Waals surface area (Å²) in [5.74, 6) is -1.15. The highest BCUT2D eigenvalue weighted by Gasteiger charge is 2.33. The third-order valence-corrected chi connectivity index (χ3v) is 4.71. The summed E-state index contributed by atoms with van der Waals surface area (Å²) in [5.41, 5.74) is 3.39. The lowest BCUT2D eigenvalue weighted by Crippen LogP contribution is -2.25. The molecule has 0 radical (unpaired) electrons. The van der Waals surface area contributed by atoms with Crippen molar-refractivity contribution in [2.24, 2.45) is 0 Å². The Kier molecular flexibility index (Phi) is 3.81. The lowest BCUT2D eigenvalue weighted by molar-refractivity contribution is -0.111. The molecule has 4 nitrogen and oxygen atoms in total. The van der Waals surface area contributed by atoms with E-state index >= 15 is 0 Å². The molecule has 4 heteroatoms. The molecule has 0 spiro atoms. The molecular weight excluding hydrogens is 326 g/mol. The minimum absolute atomic E-state index is 0.165. The number of carbonyl (C=O) groups is 2.